The maximum absolute atomic E-state index is 10.9. The molecule has 0 unspecified atom stereocenters. The second kappa shape index (κ2) is 6.16. The van der Waals surface area contributed by atoms with Crippen molar-refractivity contribution < 1.29 is 9.53 Å². The van der Waals surface area contributed by atoms with Crippen molar-refractivity contribution in [1.82, 2.24) is 0 Å². The number of aryl methyl sites for hydroxylation is 2. The first-order valence-electron chi connectivity index (χ1n) is 5.52. The molecule has 1 aromatic carbocycles. The summed E-state index contributed by atoms with van der Waals surface area (Å²) in [6, 6.07) is 6.20. The Morgan fingerprint density at radius 1 is 1.31 bits per heavy atom. The number of nitrogens with one attached hydrogen (secondary N) is 1. The van der Waals surface area contributed by atoms with E-state index in [1.165, 1.54) is 23.9 Å². The van der Waals surface area contributed by atoms with Crippen LogP contribution in [0.3, 0.4) is 0 Å². The number of methoxy groups -OCH3 is 1. The minimum Gasteiger partial charge on any atom is -0.469 e. The van der Waals surface area contributed by atoms with Crippen molar-refractivity contribution >= 4 is 11.7 Å². The molecule has 3 nitrogen and oxygen atoms in total. The van der Waals surface area contributed by atoms with E-state index in [1.807, 2.05) is 6.07 Å². The number of esters is 1. The molecule has 0 saturated heterocycles. The number of carbonyl (C=O) groups excluding carboxylic acids is 1. The maximum Gasteiger partial charge on any atom is 0.305 e. The molecule has 0 aliphatic heterocycles. The number of anilines is 1. The monoisotopic (exact) mass is 221 g/mol. The number of hydrogen-bond donors (Lipinski definition) is 1. The average molecular weight is 221 g/mol. The summed E-state index contributed by atoms with van der Waals surface area (Å²) in [6.45, 7) is 4.95. The molecule has 0 aromatic heterocycles. The van der Waals surface area contributed by atoms with Crippen molar-refractivity contribution in [3.8, 4) is 0 Å². The first-order chi connectivity index (χ1) is 7.65. The Balaban J connectivity index is 2.40. The molecular formula is C13H19NO2. The SMILES string of the molecule is COC(=O)CCCNc1c(C)cccc1C. The Morgan fingerprint density at radius 2 is 1.94 bits per heavy atom. The first-order valence-corrected chi connectivity index (χ1v) is 5.52. The van der Waals surface area contributed by atoms with E-state index in [4.69, 9.17) is 0 Å². The highest BCUT2D eigenvalue weighted by molar-refractivity contribution is 5.69. The lowest BCUT2D eigenvalue weighted by Gasteiger charge is -2.11. The van der Waals surface area contributed by atoms with E-state index in [1.54, 1.807) is 0 Å². The predicted molar refractivity (Wildman–Crippen MR) is 65.7 cm³/mol. The molecule has 0 radical (unpaired) electrons. The largest absolute Gasteiger partial charge is 0.469 e. The van der Waals surface area contributed by atoms with Gasteiger partial charge in [-0.2, -0.15) is 0 Å². The zero-order valence-corrected chi connectivity index (χ0v) is 10.2. The molecule has 0 spiro atoms. The number of rotatable bonds is 5. The molecule has 16 heavy (non-hydrogen) atoms. The van der Waals surface area contributed by atoms with Gasteiger partial charge in [-0.15, -0.1) is 0 Å². The maximum atomic E-state index is 10.9. The Bertz CT molecular complexity index is 341. The zero-order chi connectivity index (χ0) is 12.0. The number of benzene rings is 1. The van der Waals surface area contributed by atoms with Gasteiger partial charge in [0.15, 0.2) is 0 Å². The molecule has 0 atom stereocenters. The van der Waals surface area contributed by atoms with E-state index >= 15 is 0 Å². The molecule has 0 aliphatic carbocycles. The van der Waals surface area contributed by atoms with Crippen molar-refractivity contribution in [2.45, 2.75) is 26.7 Å². The second-order valence-corrected chi connectivity index (χ2v) is 3.87. The molecule has 3 heteroatoms. The van der Waals surface area contributed by atoms with Crippen LogP contribution < -0.4 is 5.32 Å². The minimum atomic E-state index is -0.150. The molecular weight excluding hydrogens is 202 g/mol. The molecule has 0 saturated carbocycles. The third-order valence-corrected chi connectivity index (χ3v) is 2.57. The standard InChI is InChI=1S/C13H19NO2/c1-10-6-4-7-11(2)13(10)14-9-5-8-12(15)16-3/h4,6-7,14H,5,8-9H2,1-3H3. The minimum absolute atomic E-state index is 0.150. The van der Waals surface area contributed by atoms with Gasteiger partial charge in [0, 0.05) is 18.7 Å². The zero-order valence-electron chi connectivity index (χ0n) is 10.2. The van der Waals surface area contributed by atoms with Gasteiger partial charge in [-0.25, -0.2) is 0 Å². The van der Waals surface area contributed by atoms with Gasteiger partial charge in [-0.1, -0.05) is 18.2 Å². The summed E-state index contributed by atoms with van der Waals surface area (Å²) in [5.74, 6) is -0.150. The first kappa shape index (κ1) is 12.6. The van der Waals surface area contributed by atoms with Crippen LogP contribution in [0.2, 0.25) is 0 Å². The summed E-state index contributed by atoms with van der Waals surface area (Å²) >= 11 is 0. The summed E-state index contributed by atoms with van der Waals surface area (Å²) in [5, 5.41) is 3.35. The number of hydrogen-bond acceptors (Lipinski definition) is 3. The fourth-order valence-corrected chi connectivity index (χ4v) is 1.64. The van der Waals surface area contributed by atoms with Gasteiger partial charge < -0.3 is 10.1 Å². The van der Waals surface area contributed by atoms with Crippen molar-refractivity contribution in [2.75, 3.05) is 19.0 Å². The predicted octanol–water partition coefficient (Wildman–Crippen LogP) is 2.67. The molecule has 0 aliphatic rings. The van der Waals surface area contributed by atoms with Gasteiger partial charge in [-0.3, -0.25) is 4.79 Å². The Kier molecular flexibility index (Phi) is 4.83. The summed E-state index contributed by atoms with van der Waals surface area (Å²) < 4.78 is 4.58. The second-order valence-electron chi connectivity index (χ2n) is 3.87. The average Bonchev–Trinajstić information content (AvgIpc) is 2.27. The highest BCUT2D eigenvalue weighted by Crippen LogP contribution is 2.19. The highest BCUT2D eigenvalue weighted by Gasteiger charge is 2.02. The van der Waals surface area contributed by atoms with Crippen LogP contribution in [-0.2, 0) is 9.53 Å². The van der Waals surface area contributed by atoms with Crippen LogP contribution in [0.1, 0.15) is 24.0 Å². The molecule has 0 bridgehead atoms. The Morgan fingerprint density at radius 3 is 2.50 bits per heavy atom. The fraction of sp³-hybridized carbons (Fsp3) is 0.462. The van der Waals surface area contributed by atoms with E-state index in [-0.39, 0.29) is 5.97 Å². The molecule has 0 heterocycles. The normalized spacial score (nSPS) is 9.94. The lowest BCUT2D eigenvalue weighted by atomic mass is 10.1. The number of carbonyl (C=O) groups is 1. The van der Waals surface area contributed by atoms with Crippen LogP contribution >= 0.6 is 0 Å². The van der Waals surface area contributed by atoms with E-state index in [0.29, 0.717) is 6.42 Å². The fourth-order valence-electron chi connectivity index (χ4n) is 1.64. The van der Waals surface area contributed by atoms with Crippen molar-refractivity contribution in [1.29, 1.82) is 0 Å². The van der Waals surface area contributed by atoms with Gasteiger partial charge in [0.1, 0.15) is 0 Å². The van der Waals surface area contributed by atoms with E-state index in [2.05, 4.69) is 36.0 Å². The molecule has 88 valence electrons. The van der Waals surface area contributed by atoms with Crippen molar-refractivity contribution in [3.63, 3.8) is 0 Å². The van der Waals surface area contributed by atoms with Gasteiger partial charge in [0.05, 0.1) is 7.11 Å². The van der Waals surface area contributed by atoms with Crippen LogP contribution in [0.5, 0.6) is 0 Å². The quantitative estimate of drug-likeness (QED) is 0.613. The van der Waals surface area contributed by atoms with Crippen LogP contribution in [0.15, 0.2) is 18.2 Å². The molecule has 1 rings (SSSR count). The molecule has 0 fully saturated rings. The topological polar surface area (TPSA) is 38.3 Å². The van der Waals surface area contributed by atoms with E-state index in [9.17, 15) is 4.79 Å². The molecule has 1 aromatic rings. The Labute approximate surface area is 96.8 Å². The smallest absolute Gasteiger partial charge is 0.305 e. The third kappa shape index (κ3) is 3.57. The summed E-state index contributed by atoms with van der Waals surface area (Å²) in [4.78, 5) is 10.9. The summed E-state index contributed by atoms with van der Waals surface area (Å²) in [5.41, 5.74) is 3.64. The number of ether oxygens (including phenoxy) is 1. The number of para-hydroxylation sites is 1. The van der Waals surface area contributed by atoms with E-state index < -0.39 is 0 Å². The lowest BCUT2D eigenvalue weighted by molar-refractivity contribution is -0.140. The van der Waals surface area contributed by atoms with Crippen LogP contribution in [0.25, 0.3) is 0 Å². The molecule has 0 amide bonds. The summed E-state index contributed by atoms with van der Waals surface area (Å²) in [6.07, 6.45) is 1.26. The molecule has 1 N–H and O–H groups in total. The van der Waals surface area contributed by atoms with Gasteiger partial charge in [-0.05, 0) is 31.4 Å². The van der Waals surface area contributed by atoms with E-state index in [0.717, 1.165) is 13.0 Å². The summed E-state index contributed by atoms with van der Waals surface area (Å²) in [7, 11) is 1.42. The lowest BCUT2D eigenvalue weighted by Crippen LogP contribution is -2.08. The van der Waals surface area contributed by atoms with Gasteiger partial charge in [0.2, 0.25) is 0 Å². The van der Waals surface area contributed by atoms with Gasteiger partial charge >= 0.3 is 5.97 Å². The highest BCUT2D eigenvalue weighted by atomic mass is 16.5. The van der Waals surface area contributed by atoms with Gasteiger partial charge in [0.25, 0.3) is 0 Å². The van der Waals surface area contributed by atoms with Crippen molar-refractivity contribution in [3.05, 3.63) is 29.3 Å². The van der Waals surface area contributed by atoms with Crippen LogP contribution in [-0.4, -0.2) is 19.6 Å². The Hall–Kier alpha value is -1.51. The third-order valence-electron chi connectivity index (χ3n) is 2.57. The van der Waals surface area contributed by atoms with Crippen LogP contribution in [0.4, 0.5) is 5.69 Å². The van der Waals surface area contributed by atoms with Crippen molar-refractivity contribution in [2.24, 2.45) is 0 Å². The van der Waals surface area contributed by atoms with Crippen LogP contribution in [0, 0.1) is 13.8 Å².